The summed E-state index contributed by atoms with van der Waals surface area (Å²) < 4.78 is 5.47. The van der Waals surface area contributed by atoms with Gasteiger partial charge in [-0.25, -0.2) is 0 Å². The summed E-state index contributed by atoms with van der Waals surface area (Å²) in [6.07, 6.45) is 1.75. The molecule has 0 radical (unpaired) electrons. The molecule has 88 valence electrons. The summed E-state index contributed by atoms with van der Waals surface area (Å²) in [7, 11) is 4.12. The molecule has 0 aliphatic rings. The average Bonchev–Trinajstić information content (AvgIpc) is 2.69. The van der Waals surface area contributed by atoms with Crippen LogP contribution in [0.1, 0.15) is 25.0 Å². The second kappa shape index (κ2) is 5.06. The molecule has 0 saturated heterocycles. The Morgan fingerprint density at radius 2 is 1.69 bits per heavy atom. The minimum Gasteiger partial charge on any atom is -0.464 e. The van der Waals surface area contributed by atoms with E-state index in [-0.39, 0.29) is 0 Å². The van der Waals surface area contributed by atoms with Crippen LogP contribution in [0.3, 0.4) is 0 Å². The molecule has 0 spiro atoms. The fourth-order valence-corrected chi connectivity index (χ4v) is 2.07. The highest BCUT2D eigenvalue weighted by Gasteiger charge is 2.10. The molecule has 0 atom stereocenters. The number of fused-ring (bicyclic) bond motifs is 1. The molecule has 0 fully saturated rings. The molecule has 0 aliphatic heterocycles. The summed E-state index contributed by atoms with van der Waals surface area (Å²) >= 11 is 0. The zero-order valence-corrected chi connectivity index (χ0v) is 11.1. The van der Waals surface area contributed by atoms with Gasteiger partial charge in [0.2, 0.25) is 0 Å². The molecule has 2 heteroatoms. The van der Waals surface area contributed by atoms with E-state index >= 15 is 0 Å². The molecule has 2 rings (SSSR count). The van der Waals surface area contributed by atoms with Gasteiger partial charge >= 0.3 is 0 Å². The smallest absolute Gasteiger partial charge is 0.138 e. The van der Waals surface area contributed by atoms with E-state index in [1.54, 1.807) is 6.26 Å². The lowest BCUT2D eigenvalue weighted by atomic mass is 10.1. The molecule has 1 aromatic heterocycles. The summed E-state index contributed by atoms with van der Waals surface area (Å²) in [5, 5.41) is 1.20. The first-order valence-corrected chi connectivity index (χ1v) is 5.76. The first kappa shape index (κ1) is 12.6. The number of aryl methyl sites for hydroxylation is 2. The zero-order valence-electron chi connectivity index (χ0n) is 11.1. The van der Waals surface area contributed by atoms with Gasteiger partial charge < -0.3 is 9.32 Å². The highest BCUT2D eigenvalue weighted by atomic mass is 16.3. The maximum absolute atomic E-state index is 5.47. The van der Waals surface area contributed by atoms with E-state index in [1.165, 1.54) is 22.2 Å². The van der Waals surface area contributed by atoms with Crippen LogP contribution in [0.25, 0.3) is 11.0 Å². The number of furan rings is 1. The van der Waals surface area contributed by atoms with E-state index in [0.29, 0.717) is 0 Å². The number of hydrogen-bond acceptors (Lipinski definition) is 2. The van der Waals surface area contributed by atoms with Gasteiger partial charge in [0.25, 0.3) is 0 Å². The van der Waals surface area contributed by atoms with Gasteiger partial charge in [0.1, 0.15) is 5.58 Å². The molecule has 0 N–H and O–H groups in total. The molecule has 16 heavy (non-hydrogen) atoms. The van der Waals surface area contributed by atoms with Gasteiger partial charge in [0.15, 0.2) is 0 Å². The van der Waals surface area contributed by atoms with E-state index < -0.39 is 0 Å². The van der Waals surface area contributed by atoms with Crippen molar-refractivity contribution < 1.29 is 4.42 Å². The van der Waals surface area contributed by atoms with E-state index in [1.807, 2.05) is 19.9 Å². The van der Waals surface area contributed by atoms with Gasteiger partial charge in [0.05, 0.1) is 12.0 Å². The quantitative estimate of drug-likeness (QED) is 0.716. The number of anilines is 1. The highest BCUT2D eigenvalue weighted by molar-refractivity contribution is 5.94. The summed E-state index contributed by atoms with van der Waals surface area (Å²) in [6.45, 7) is 8.22. The number of benzene rings is 1. The Morgan fingerprint density at radius 3 is 2.25 bits per heavy atom. The van der Waals surface area contributed by atoms with Crippen LogP contribution in [0.4, 0.5) is 5.69 Å². The topological polar surface area (TPSA) is 16.4 Å². The van der Waals surface area contributed by atoms with E-state index in [4.69, 9.17) is 4.42 Å². The van der Waals surface area contributed by atoms with Gasteiger partial charge in [0, 0.05) is 19.5 Å². The first-order chi connectivity index (χ1) is 7.61. The fourth-order valence-electron chi connectivity index (χ4n) is 2.07. The lowest BCUT2D eigenvalue weighted by molar-refractivity contribution is 0.613. The largest absolute Gasteiger partial charge is 0.464 e. The number of rotatable bonds is 1. The van der Waals surface area contributed by atoms with Crippen LogP contribution in [0.2, 0.25) is 0 Å². The van der Waals surface area contributed by atoms with Crippen molar-refractivity contribution in [1.29, 1.82) is 0 Å². The maximum atomic E-state index is 5.47. The van der Waals surface area contributed by atoms with Crippen molar-refractivity contribution in [1.82, 2.24) is 0 Å². The molecule has 2 nitrogen and oxygen atoms in total. The third-order valence-electron chi connectivity index (χ3n) is 2.53. The SMILES string of the molecule is CC.Cc1cc(C)c2occc2c1N(C)C. The number of nitrogens with zero attached hydrogens (tertiary/aromatic N) is 1. The Bertz CT molecular complexity index is 469. The Morgan fingerprint density at radius 1 is 1.06 bits per heavy atom. The van der Waals surface area contributed by atoms with Crippen molar-refractivity contribution in [2.24, 2.45) is 0 Å². The van der Waals surface area contributed by atoms with Gasteiger partial charge in [-0.1, -0.05) is 19.9 Å². The van der Waals surface area contributed by atoms with Gasteiger partial charge in [-0.2, -0.15) is 0 Å². The molecule has 0 bridgehead atoms. The molecule has 1 heterocycles. The van der Waals surface area contributed by atoms with Crippen LogP contribution >= 0.6 is 0 Å². The van der Waals surface area contributed by atoms with E-state index in [9.17, 15) is 0 Å². The van der Waals surface area contributed by atoms with Crippen LogP contribution in [0, 0.1) is 13.8 Å². The lowest BCUT2D eigenvalue weighted by Gasteiger charge is -2.17. The van der Waals surface area contributed by atoms with Crippen LogP contribution in [0.15, 0.2) is 22.8 Å². The fraction of sp³-hybridized carbons (Fsp3) is 0.429. The van der Waals surface area contributed by atoms with Crippen LogP contribution < -0.4 is 4.90 Å². The predicted molar refractivity (Wildman–Crippen MR) is 71.4 cm³/mol. The predicted octanol–water partition coefficient (Wildman–Crippen LogP) is 4.14. The molecule has 0 aliphatic carbocycles. The summed E-state index contributed by atoms with van der Waals surface area (Å²) in [6, 6.07) is 4.20. The minimum absolute atomic E-state index is 0.999. The summed E-state index contributed by atoms with van der Waals surface area (Å²) in [5.74, 6) is 0. The molecule has 0 amide bonds. The molecular weight excluding hydrogens is 198 g/mol. The normalized spacial score (nSPS) is 9.88. The van der Waals surface area contributed by atoms with Gasteiger partial charge in [-0.3, -0.25) is 0 Å². The number of hydrogen-bond donors (Lipinski definition) is 0. The van der Waals surface area contributed by atoms with Crippen molar-refractivity contribution >= 4 is 16.7 Å². The second-order valence-electron chi connectivity index (χ2n) is 3.92. The van der Waals surface area contributed by atoms with Crippen molar-refractivity contribution in [3.63, 3.8) is 0 Å². The second-order valence-corrected chi connectivity index (χ2v) is 3.92. The lowest BCUT2D eigenvalue weighted by Crippen LogP contribution is -2.10. The van der Waals surface area contributed by atoms with Crippen molar-refractivity contribution in [2.45, 2.75) is 27.7 Å². The van der Waals surface area contributed by atoms with Crippen LogP contribution in [0.5, 0.6) is 0 Å². The Hall–Kier alpha value is -1.44. The van der Waals surface area contributed by atoms with Crippen molar-refractivity contribution in [3.05, 3.63) is 29.5 Å². The Balaban J connectivity index is 0.000000606. The molecule has 0 saturated carbocycles. The molecule has 2 aromatic rings. The Labute approximate surface area is 97.9 Å². The third-order valence-corrected chi connectivity index (χ3v) is 2.53. The molecule has 0 unspecified atom stereocenters. The maximum Gasteiger partial charge on any atom is 0.138 e. The minimum atomic E-state index is 0.999. The first-order valence-electron chi connectivity index (χ1n) is 5.76. The average molecular weight is 219 g/mol. The van der Waals surface area contributed by atoms with Crippen LogP contribution in [-0.4, -0.2) is 14.1 Å². The van der Waals surface area contributed by atoms with Crippen molar-refractivity contribution in [3.8, 4) is 0 Å². The molecule has 1 aromatic carbocycles. The zero-order chi connectivity index (χ0) is 12.3. The highest BCUT2D eigenvalue weighted by Crippen LogP contribution is 2.32. The van der Waals surface area contributed by atoms with E-state index in [2.05, 4.69) is 38.9 Å². The Kier molecular flexibility index (Phi) is 3.99. The van der Waals surface area contributed by atoms with Gasteiger partial charge in [-0.05, 0) is 31.0 Å². The van der Waals surface area contributed by atoms with Crippen molar-refractivity contribution in [2.75, 3.05) is 19.0 Å². The monoisotopic (exact) mass is 219 g/mol. The molecular formula is C14H21NO. The summed E-state index contributed by atoms with van der Waals surface area (Å²) in [4.78, 5) is 2.13. The van der Waals surface area contributed by atoms with E-state index in [0.717, 1.165) is 5.58 Å². The third kappa shape index (κ3) is 2.06. The summed E-state index contributed by atoms with van der Waals surface area (Å²) in [5.41, 5.74) is 4.74. The van der Waals surface area contributed by atoms with Gasteiger partial charge in [-0.15, -0.1) is 0 Å². The van der Waals surface area contributed by atoms with Crippen LogP contribution in [-0.2, 0) is 0 Å². The standard InChI is InChI=1S/C12H15NO.C2H6/c1-8-7-9(2)12-10(5-6-14-12)11(8)13(3)4;1-2/h5-7H,1-4H3;1-2H3.